The first-order valence-electron chi connectivity index (χ1n) is 5.28. The van der Waals surface area contributed by atoms with Crippen molar-refractivity contribution in [2.75, 3.05) is 0 Å². The van der Waals surface area contributed by atoms with Crippen molar-refractivity contribution in [3.63, 3.8) is 0 Å². The third kappa shape index (κ3) is 1.36. The molecule has 0 spiro atoms. The molecule has 2 rings (SSSR count). The lowest BCUT2D eigenvalue weighted by molar-refractivity contribution is 0.281. The van der Waals surface area contributed by atoms with Crippen molar-refractivity contribution in [2.24, 2.45) is 0 Å². The molecule has 0 saturated heterocycles. The summed E-state index contributed by atoms with van der Waals surface area (Å²) in [4.78, 5) is 0. The molecule has 0 saturated carbocycles. The van der Waals surface area contributed by atoms with Gasteiger partial charge in [-0.1, -0.05) is 26.0 Å². The minimum atomic E-state index is 0.162. The summed E-state index contributed by atoms with van der Waals surface area (Å²) in [6.07, 6.45) is 2.42. The summed E-state index contributed by atoms with van der Waals surface area (Å²) >= 11 is 0. The first kappa shape index (κ1) is 9.72. The van der Waals surface area contributed by atoms with E-state index in [9.17, 15) is 5.11 Å². The second-order valence-corrected chi connectivity index (χ2v) is 4.98. The van der Waals surface area contributed by atoms with Crippen LogP contribution in [0.4, 0.5) is 0 Å². The van der Waals surface area contributed by atoms with Gasteiger partial charge in [-0.3, -0.25) is 0 Å². The highest BCUT2D eigenvalue weighted by Crippen LogP contribution is 2.39. The molecule has 0 heterocycles. The Morgan fingerprint density at radius 3 is 2.71 bits per heavy atom. The number of aliphatic hydroxyl groups is 1. The monoisotopic (exact) mass is 190 g/mol. The van der Waals surface area contributed by atoms with E-state index in [-0.39, 0.29) is 6.61 Å². The van der Waals surface area contributed by atoms with E-state index in [1.165, 1.54) is 29.5 Å². The standard InChI is InChI=1S/C13H18O/c1-9-6-10-4-5-13(2,3)12(10)7-11(9)8-14/h6-7,14H,4-5,8H2,1-3H3. The Hall–Kier alpha value is -0.820. The predicted octanol–water partition coefficient (Wildman–Crippen LogP) is 2.71. The highest BCUT2D eigenvalue weighted by atomic mass is 16.3. The predicted molar refractivity (Wildman–Crippen MR) is 58.4 cm³/mol. The molecular weight excluding hydrogens is 172 g/mol. The molecule has 0 amide bonds. The minimum Gasteiger partial charge on any atom is -0.392 e. The summed E-state index contributed by atoms with van der Waals surface area (Å²) in [5.41, 5.74) is 5.52. The lowest BCUT2D eigenvalue weighted by Crippen LogP contribution is -2.12. The van der Waals surface area contributed by atoms with Crippen LogP contribution in [0.1, 0.15) is 42.5 Å². The SMILES string of the molecule is Cc1cc2c(cc1CO)C(C)(C)CC2. The molecule has 0 atom stereocenters. The van der Waals surface area contributed by atoms with E-state index in [1.807, 2.05) is 0 Å². The van der Waals surface area contributed by atoms with Crippen LogP contribution in [0, 0.1) is 6.92 Å². The fraction of sp³-hybridized carbons (Fsp3) is 0.538. The highest BCUT2D eigenvalue weighted by molar-refractivity contribution is 5.44. The van der Waals surface area contributed by atoms with Crippen LogP contribution in [0.2, 0.25) is 0 Å². The number of aliphatic hydroxyl groups excluding tert-OH is 1. The van der Waals surface area contributed by atoms with Gasteiger partial charge in [0.15, 0.2) is 0 Å². The van der Waals surface area contributed by atoms with Crippen LogP contribution >= 0.6 is 0 Å². The molecular formula is C13H18O. The fourth-order valence-corrected chi connectivity index (χ4v) is 2.40. The van der Waals surface area contributed by atoms with Crippen molar-refractivity contribution in [1.29, 1.82) is 0 Å². The average molecular weight is 190 g/mol. The molecule has 76 valence electrons. The summed E-state index contributed by atoms with van der Waals surface area (Å²) < 4.78 is 0. The number of rotatable bonds is 1. The van der Waals surface area contributed by atoms with Gasteiger partial charge in [0, 0.05) is 0 Å². The first-order chi connectivity index (χ1) is 6.54. The second-order valence-electron chi connectivity index (χ2n) is 4.98. The van der Waals surface area contributed by atoms with Crippen molar-refractivity contribution in [3.05, 3.63) is 34.4 Å². The largest absolute Gasteiger partial charge is 0.392 e. The van der Waals surface area contributed by atoms with Gasteiger partial charge in [-0.15, -0.1) is 0 Å². The Kier molecular flexibility index (Phi) is 2.15. The molecule has 0 radical (unpaired) electrons. The van der Waals surface area contributed by atoms with Crippen LogP contribution in [-0.4, -0.2) is 5.11 Å². The smallest absolute Gasteiger partial charge is 0.0684 e. The number of aryl methyl sites for hydroxylation is 2. The zero-order valence-electron chi connectivity index (χ0n) is 9.22. The maximum atomic E-state index is 9.22. The third-order valence-corrected chi connectivity index (χ3v) is 3.48. The summed E-state index contributed by atoms with van der Waals surface area (Å²) in [6.45, 7) is 6.82. The first-order valence-corrected chi connectivity index (χ1v) is 5.28. The van der Waals surface area contributed by atoms with Crippen LogP contribution in [0.25, 0.3) is 0 Å². The van der Waals surface area contributed by atoms with Crippen LogP contribution in [0.3, 0.4) is 0 Å². The molecule has 1 N–H and O–H groups in total. The van der Waals surface area contributed by atoms with Crippen molar-refractivity contribution < 1.29 is 5.11 Å². The Morgan fingerprint density at radius 2 is 2.07 bits per heavy atom. The molecule has 0 unspecified atom stereocenters. The van der Waals surface area contributed by atoms with Crippen LogP contribution < -0.4 is 0 Å². The number of hydrogen-bond donors (Lipinski definition) is 1. The molecule has 1 aliphatic rings. The van der Waals surface area contributed by atoms with E-state index < -0.39 is 0 Å². The number of fused-ring (bicyclic) bond motifs is 1. The number of benzene rings is 1. The molecule has 0 aromatic heterocycles. The van der Waals surface area contributed by atoms with Crippen molar-refractivity contribution in [3.8, 4) is 0 Å². The molecule has 14 heavy (non-hydrogen) atoms. The van der Waals surface area contributed by atoms with Crippen molar-refractivity contribution >= 4 is 0 Å². The Balaban J connectivity index is 2.56. The van der Waals surface area contributed by atoms with E-state index in [1.54, 1.807) is 0 Å². The molecule has 0 fully saturated rings. The number of hydrogen-bond acceptors (Lipinski definition) is 1. The van der Waals surface area contributed by atoms with Gasteiger partial charge < -0.3 is 5.11 Å². The van der Waals surface area contributed by atoms with Gasteiger partial charge in [-0.2, -0.15) is 0 Å². The average Bonchev–Trinajstić information content (AvgIpc) is 2.41. The van der Waals surface area contributed by atoms with E-state index in [4.69, 9.17) is 0 Å². The Morgan fingerprint density at radius 1 is 1.36 bits per heavy atom. The zero-order chi connectivity index (χ0) is 10.3. The second kappa shape index (κ2) is 3.09. The molecule has 1 aromatic carbocycles. The molecule has 1 heteroatoms. The van der Waals surface area contributed by atoms with Gasteiger partial charge >= 0.3 is 0 Å². The molecule has 0 aliphatic heterocycles. The van der Waals surface area contributed by atoms with E-state index in [0.29, 0.717) is 5.41 Å². The highest BCUT2D eigenvalue weighted by Gasteiger charge is 2.29. The summed E-state index contributed by atoms with van der Waals surface area (Å²) in [6, 6.07) is 4.44. The van der Waals surface area contributed by atoms with Gasteiger partial charge in [0.25, 0.3) is 0 Å². The lowest BCUT2D eigenvalue weighted by atomic mass is 9.85. The van der Waals surface area contributed by atoms with E-state index >= 15 is 0 Å². The minimum absolute atomic E-state index is 0.162. The van der Waals surface area contributed by atoms with Gasteiger partial charge in [-0.25, -0.2) is 0 Å². The van der Waals surface area contributed by atoms with E-state index in [0.717, 1.165) is 5.56 Å². The van der Waals surface area contributed by atoms with Crippen molar-refractivity contribution in [1.82, 2.24) is 0 Å². The molecule has 1 aliphatic carbocycles. The van der Waals surface area contributed by atoms with Crippen LogP contribution in [-0.2, 0) is 18.4 Å². The summed E-state index contributed by atoms with van der Waals surface area (Å²) in [5.74, 6) is 0. The molecule has 1 aromatic rings. The van der Waals surface area contributed by atoms with Gasteiger partial charge in [0.05, 0.1) is 6.61 Å². The van der Waals surface area contributed by atoms with Gasteiger partial charge in [-0.05, 0) is 47.4 Å². The quantitative estimate of drug-likeness (QED) is 0.722. The fourth-order valence-electron chi connectivity index (χ4n) is 2.40. The van der Waals surface area contributed by atoms with Crippen molar-refractivity contribution in [2.45, 2.75) is 45.6 Å². The molecule has 0 bridgehead atoms. The zero-order valence-corrected chi connectivity index (χ0v) is 9.22. The van der Waals surface area contributed by atoms with Gasteiger partial charge in [0.1, 0.15) is 0 Å². The molecule has 1 nitrogen and oxygen atoms in total. The summed E-state index contributed by atoms with van der Waals surface area (Å²) in [5, 5.41) is 9.22. The summed E-state index contributed by atoms with van der Waals surface area (Å²) in [7, 11) is 0. The van der Waals surface area contributed by atoms with Crippen LogP contribution in [0.5, 0.6) is 0 Å². The van der Waals surface area contributed by atoms with Crippen LogP contribution in [0.15, 0.2) is 12.1 Å². The Labute approximate surface area is 85.8 Å². The van der Waals surface area contributed by atoms with Gasteiger partial charge in [0.2, 0.25) is 0 Å². The third-order valence-electron chi connectivity index (χ3n) is 3.48. The lowest BCUT2D eigenvalue weighted by Gasteiger charge is -2.20. The maximum Gasteiger partial charge on any atom is 0.0684 e. The van der Waals surface area contributed by atoms with E-state index in [2.05, 4.69) is 32.9 Å². The Bertz CT molecular complexity index is 364. The maximum absolute atomic E-state index is 9.22. The topological polar surface area (TPSA) is 20.2 Å². The normalized spacial score (nSPS) is 18.3.